The van der Waals surface area contributed by atoms with E-state index in [0.29, 0.717) is 6.42 Å². The summed E-state index contributed by atoms with van der Waals surface area (Å²) in [7, 11) is 0. The molecule has 0 radical (unpaired) electrons. The summed E-state index contributed by atoms with van der Waals surface area (Å²) >= 11 is 0. The van der Waals surface area contributed by atoms with Crippen LogP contribution in [0.25, 0.3) is 22.2 Å². The van der Waals surface area contributed by atoms with Crippen LogP contribution < -0.4 is 5.32 Å². The lowest BCUT2D eigenvalue weighted by Gasteiger charge is -2.08. The first kappa shape index (κ1) is 17.0. The molecule has 2 heterocycles. The summed E-state index contributed by atoms with van der Waals surface area (Å²) in [5.41, 5.74) is 5.65. The van der Waals surface area contributed by atoms with Crippen LogP contribution in [0.1, 0.15) is 17.1 Å². The number of rotatable bonds is 4. The monoisotopic (exact) mass is 356 g/mol. The highest BCUT2D eigenvalue weighted by Gasteiger charge is 2.12. The first-order valence-electron chi connectivity index (χ1n) is 8.86. The molecule has 0 unspecified atom stereocenters. The topological polar surface area (TPSA) is 70.7 Å². The largest absolute Gasteiger partial charge is 0.358 e. The summed E-state index contributed by atoms with van der Waals surface area (Å²) in [5.74, 6) is 0.677. The number of carbonyl (C=O) groups excluding carboxylic acids is 1. The van der Waals surface area contributed by atoms with Crippen LogP contribution in [0.2, 0.25) is 0 Å². The summed E-state index contributed by atoms with van der Waals surface area (Å²) < 4.78 is 0. The molecule has 5 nitrogen and oxygen atoms in total. The van der Waals surface area contributed by atoms with Crippen molar-refractivity contribution in [1.82, 2.24) is 15.0 Å². The molecule has 0 aliphatic rings. The number of aromatic nitrogens is 3. The number of nitrogens with zero attached hydrogens (tertiary/aromatic N) is 2. The second kappa shape index (κ2) is 7.03. The smallest absolute Gasteiger partial charge is 0.228 e. The molecular formula is C22H20N4O. The Morgan fingerprint density at radius 3 is 2.78 bits per heavy atom. The van der Waals surface area contributed by atoms with Gasteiger partial charge in [0.2, 0.25) is 5.91 Å². The molecule has 2 N–H and O–H groups in total. The third kappa shape index (κ3) is 3.58. The highest BCUT2D eigenvalue weighted by Crippen LogP contribution is 2.24. The number of amides is 1. The number of nitrogens with one attached hydrogen (secondary N) is 2. The van der Waals surface area contributed by atoms with Gasteiger partial charge in [-0.25, -0.2) is 9.97 Å². The van der Waals surface area contributed by atoms with Crippen LogP contribution in [-0.2, 0) is 11.2 Å². The second-order valence-corrected chi connectivity index (χ2v) is 6.57. The Balaban J connectivity index is 1.55. The number of hydrogen-bond donors (Lipinski definition) is 2. The molecular weight excluding hydrogens is 336 g/mol. The van der Waals surface area contributed by atoms with Crippen LogP contribution in [0.3, 0.4) is 0 Å². The number of carbonyl (C=O) groups is 1. The third-order valence-corrected chi connectivity index (χ3v) is 4.58. The predicted octanol–water partition coefficient (Wildman–Crippen LogP) is 4.42. The zero-order chi connectivity index (χ0) is 18.8. The molecule has 0 spiro atoms. The van der Waals surface area contributed by atoms with Crippen LogP contribution in [0.15, 0.2) is 60.8 Å². The van der Waals surface area contributed by atoms with E-state index in [2.05, 4.69) is 20.3 Å². The lowest BCUT2D eigenvalue weighted by molar-refractivity contribution is -0.115. The van der Waals surface area contributed by atoms with Gasteiger partial charge in [0.25, 0.3) is 0 Å². The molecule has 134 valence electrons. The average molecular weight is 356 g/mol. The molecule has 27 heavy (non-hydrogen) atoms. The lowest BCUT2D eigenvalue weighted by atomic mass is 10.1. The minimum atomic E-state index is -0.0427. The molecule has 5 heteroatoms. The standard InChI is InChI=1S/C22H20N4O/c1-14-19(18-8-3-4-9-21(18)24-14)13-22(27)26-17-7-5-6-16(12-17)20-10-11-23-15(2)25-20/h3-12,24H,13H2,1-2H3,(H,26,27). The van der Waals surface area contributed by atoms with Crippen molar-refractivity contribution in [3.8, 4) is 11.3 Å². The minimum Gasteiger partial charge on any atom is -0.358 e. The Bertz CT molecular complexity index is 1130. The SMILES string of the molecule is Cc1nccc(-c2cccc(NC(=O)Cc3c(C)[nH]c4ccccc34)c2)n1. The molecule has 0 atom stereocenters. The molecule has 2 aromatic carbocycles. The van der Waals surface area contributed by atoms with Crippen molar-refractivity contribution < 1.29 is 4.79 Å². The van der Waals surface area contributed by atoms with E-state index in [1.54, 1.807) is 6.20 Å². The number of H-pyrrole nitrogens is 1. The van der Waals surface area contributed by atoms with Crippen molar-refractivity contribution in [2.45, 2.75) is 20.3 Å². The fourth-order valence-corrected chi connectivity index (χ4v) is 3.30. The number of benzene rings is 2. The Hall–Kier alpha value is -3.47. The quantitative estimate of drug-likeness (QED) is 0.568. The fraction of sp³-hybridized carbons (Fsp3) is 0.136. The Morgan fingerprint density at radius 1 is 1.07 bits per heavy atom. The minimum absolute atomic E-state index is 0.0427. The van der Waals surface area contributed by atoms with Crippen molar-refractivity contribution >= 4 is 22.5 Å². The molecule has 0 aliphatic heterocycles. The highest BCUT2D eigenvalue weighted by molar-refractivity contribution is 5.96. The van der Waals surface area contributed by atoms with Crippen LogP contribution >= 0.6 is 0 Å². The average Bonchev–Trinajstić information content (AvgIpc) is 2.97. The Morgan fingerprint density at radius 2 is 1.93 bits per heavy atom. The van der Waals surface area contributed by atoms with E-state index in [1.165, 1.54) is 0 Å². The second-order valence-electron chi connectivity index (χ2n) is 6.57. The van der Waals surface area contributed by atoms with Crippen molar-refractivity contribution in [3.63, 3.8) is 0 Å². The lowest BCUT2D eigenvalue weighted by Crippen LogP contribution is -2.14. The van der Waals surface area contributed by atoms with Crippen molar-refractivity contribution in [3.05, 3.63) is 77.9 Å². The number of hydrogen-bond acceptors (Lipinski definition) is 3. The van der Waals surface area contributed by atoms with Gasteiger partial charge in [-0.1, -0.05) is 30.3 Å². The van der Waals surface area contributed by atoms with Crippen LogP contribution in [-0.4, -0.2) is 20.9 Å². The van der Waals surface area contributed by atoms with Gasteiger partial charge in [-0.2, -0.15) is 0 Å². The van der Waals surface area contributed by atoms with Crippen LogP contribution in [0, 0.1) is 13.8 Å². The maximum atomic E-state index is 12.6. The predicted molar refractivity (Wildman–Crippen MR) is 108 cm³/mol. The first-order valence-corrected chi connectivity index (χ1v) is 8.86. The number of anilines is 1. The maximum Gasteiger partial charge on any atom is 0.228 e. The first-order chi connectivity index (χ1) is 13.1. The molecule has 0 saturated carbocycles. The van der Waals surface area contributed by atoms with Gasteiger partial charge in [-0.15, -0.1) is 0 Å². The molecule has 4 rings (SSSR count). The van der Waals surface area contributed by atoms with Crippen molar-refractivity contribution in [2.24, 2.45) is 0 Å². The summed E-state index contributed by atoms with van der Waals surface area (Å²) in [6.07, 6.45) is 2.06. The van der Waals surface area contributed by atoms with Crippen LogP contribution in [0.5, 0.6) is 0 Å². The third-order valence-electron chi connectivity index (χ3n) is 4.58. The van der Waals surface area contributed by atoms with Gasteiger partial charge in [-0.3, -0.25) is 4.79 Å². The molecule has 2 aromatic heterocycles. The fourth-order valence-electron chi connectivity index (χ4n) is 3.30. The number of fused-ring (bicyclic) bond motifs is 1. The van der Waals surface area contributed by atoms with E-state index in [9.17, 15) is 4.79 Å². The van der Waals surface area contributed by atoms with Gasteiger partial charge in [0, 0.05) is 34.0 Å². The molecule has 0 saturated heterocycles. The summed E-state index contributed by atoms with van der Waals surface area (Å²) in [5, 5.41) is 4.09. The van der Waals surface area contributed by atoms with Gasteiger partial charge in [-0.05, 0) is 43.7 Å². The summed E-state index contributed by atoms with van der Waals surface area (Å²) in [6.45, 7) is 3.86. The van der Waals surface area contributed by atoms with Gasteiger partial charge in [0.05, 0.1) is 12.1 Å². The van der Waals surface area contributed by atoms with E-state index >= 15 is 0 Å². The van der Waals surface area contributed by atoms with E-state index in [-0.39, 0.29) is 5.91 Å². The van der Waals surface area contributed by atoms with E-state index in [0.717, 1.165) is 44.9 Å². The van der Waals surface area contributed by atoms with Gasteiger partial charge >= 0.3 is 0 Å². The molecule has 4 aromatic rings. The van der Waals surface area contributed by atoms with Gasteiger partial charge in [0.1, 0.15) is 5.82 Å². The zero-order valence-electron chi connectivity index (χ0n) is 15.3. The maximum absolute atomic E-state index is 12.6. The number of aryl methyl sites for hydroxylation is 2. The molecule has 0 aliphatic carbocycles. The number of aromatic amines is 1. The van der Waals surface area contributed by atoms with E-state index < -0.39 is 0 Å². The summed E-state index contributed by atoms with van der Waals surface area (Å²) in [4.78, 5) is 24.5. The molecule has 1 amide bonds. The summed E-state index contributed by atoms with van der Waals surface area (Å²) in [6, 6.07) is 17.6. The van der Waals surface area contributed by atoms with E-state index in [4.69, 9.17) is 0 Å². The van der Waals surface area contributed by atoms with Crippen molar-refractivity contribution in [2.75, 3.05) is 5.32 Å². The Labute approximate surface area is 157 Å². The number of para-hydroxylation sites is 1. The van der Waals surface area contributed by atoms with Crippen LogP contribution in [0.4, 0.5) is 5.69 Å². The molecule has 0 bridgehead atoms. The molecule has 0 fully saturated rings. The zero-order valence-corrected chi connectivity index (χ0v) is 15.3. The highest BCUT2D eigenvalue weighted by atomic mass is 16.1. The normalized spacial score (nSPS) is 10.9. The van der Waals surface area contributed by atoms with Gasteiger partial charge in [0.15, 0.2) is 0 Å². The van der Waals surface area contributed by atoms with Gasteiger partial charge < -0.3 is 10.3 Å². The van der Waals surface area contributed by atoms with E-state index in [1.807, 2.05) is 68.4 Å². The van der Waals surface area contributed by atoms with Crippen molar-refractivity contribution in [1.29, 1.82) is 0 Å². The Kier molecular flexibility index (Phi) is 4.42.